The maximum absolute atomic E-state index is 13.3. The number of aromatic nitrogens is 3. The van der Waals surface area contributed by atoms with Crippen LogP contribution in [0.5, 0.6) is 11.5 Å². The lowest BCUT2D eigenvalue weighted by Crippen LogP contribution is -2.56. The van der Waals surface area contributed by atoms with Crippen molar-refractivity contribution in [3.05, 3.63) is 58.3 Å². The molecule has 0 saturated carbocycles. The Labute approximate surface area is 233 Å². The van der Waals surface area contributed by atoms with E-state index in [-0.39, 0.29) is 12.1 Å². The molecule has 5 heterocycles. The highest BCUT2D eigenvalue weighted by molar-refractivity contribution is 5.74. The van der Waals surface area contributed by atoms with Crippen molar-refractivity contribution < 1.29 is 24.1 Å². The molecule has 1 N–H and O–H groups in total. The van der Waals surface area contributed by atoms with Gasteiger partial charge in [-0.25, -0.2) is 4.79 Å². The molecule has 1 saturated heterocycles. The average Bonchev–Trinajstić information content (AvgIpc) is 2.90. The summed E-state index contributed by atoms with van der Waals surface area (Å²) in [6.07, 6.45) is 2.60. The van der Waals surface area contributed by atoms with Crippen molar-refractivity contribution in [1.29, 1.82) is 0 Å². The number of rotatable bonds is 6. The number of nitrogens with zero attached hydrogens (tertiary/aromatic N) is 5. The Morgan fingerprint density at radius 1 is 1.12 bits per heavy atom. The zero-order chi connectivity index (χ0) is 28.4. The molecule has 2 aliphatic rings. The van der Waals surface area contributed by atoms with Crippen LogP contribution in [0.15, 0.2) is 41.5 Å². The number of piperidine rings is 1. The first-order valence-corrected chi connectivity index (χ1v) is 13.7. The highest BCUT2D eigenvalue weighted by Crippen LogP contribution is 2.30. The van der Waals surface area contributed by atoms with Gasteiger partial charge in [-0.05, 0) is 51.8 Å². The van der Waals surface area contributed by atoms with Crippen LogP contribution in [0, 0.1) is 6.92 Å². The number of hydrogen-bond donors (Lipinski definition) is 1. The van der Waals surface area contributed by atoms with Gasteiger partial charge in [-0.3, -0.25) is 24.6 Å². The van der Waals surface area contributed by atoms with Crippen LogP contribution < -0.4 is 15.0 Å². The van der Waals surface area contributed by atoms with Crippen LogP contribution >= 0.6 is 0 Å². The number of carbonyl (C=O) groups excluding carboxylic acids is 1. The molecular formula is C29H37N5O6. The quantitative estimate of drug-likeness (QED) is 0.493. The highest BCUT2D eigenvalue weighted by atomic mass is 16.6. The van der Waals surface area contributed by atoms with Crippen LogP contribution in [0.3, 0.4) is 0 Å². The molecule has 0 radical (unpaired) electrons. The molecular weight excluding hydrogens is 514 g/mol. The smallest absolute Gasteiger partial charge is 0.410 e. The van der Waals surface area contributed by atoms with Gasteiger partial charge < -0.3 is 23.9 Å². The number of aryl methyl sites for hydroxylation is 1. The molecule has 11 heteroatoms. The monoisotopic (exact) mass is 551 g/mol. The third-order valence-electron chi connectivity index (χ3n) is 7.09. The van der Waals surface area contributed by atoms with Gasteiger partial charge in [0.2, 0.25) is 0 Å². The van der Waals surface area contributed by atoms with E-state index in [0.717, 1.165) is 16.6 Å². The number of likely N-dealkylation sites (tertiary alicyclic amines) is 1. The Balaban J connectivity index is 1.29. The molecule has 1 fully saturated rings. The Morgan fingerprint density at radius 2 is 1.90 bits per heavy atom. The van der Waals surface area contributed by atoms with E-state index >= 15 is 0 Å². The topological polar surface area (TPSA) is 119 Å². The van der Waals surface area contributed by atoms with Gasteiger partial charge in [0.25, 0.3) is 5.56 Å². The molecule has 214 valence electrons. The fourth-order valence-corrected chi connectivity index (χ4v) is 5.18. The summed E-state index contributed by atoms with van der Waals surface area (Å²) in [5.41, 5.74) is 2.39. The first-order valence-electron chi connectivity index (χ1n) is 13.7. The molecule has 40 heavy (non-hydrogen) atoms. The Morgan fingerprint density at radius 3 is 2.65 bits per heavy atom. The van der Waals surface area contributed by atoms with E-state index in [1.807, 2.05) is 33.8 Å². The summed E-state index contributed by atoms with van der Waals surface area (Å²) >= 11 is 0. The Bertz CT molecular complexity index is 1430. The molecule has 0 bridgehead atoms. The lowest BCUT2D eigenvalue weighted by Gasteiger charge is -2.42. The number of aliphatic hydroxyl groups excluding tert-OH is 1. The maximum atomic E-state index is 13.3. The average molecular weight is 552 g/mol. The molecule has 11 nitrogen and oxygen atoms in total. The van der Waals surface area contributed by atoms with Crippen molar-refractivity contribution in [2.75, 3.05) is 32.8 Å². The zero-order valence-electron chi connectivity index (χ0n) is 23.5. The van der Waals surface area contributed by atoms with E-state index in [0.29, 0.717) is 63.0 Å². The second-order valence-electron chi connectivity index (χ2n) is 11.4. The normalized spacial score (nSPS) is 19.4. The Kier molecular flexibility index (Phi) is 7.95. The number of hydrogen-bond acceptors (Lipinski definition) is 9. The molecule has 0 aliphatic carbocycles. The molecule has 0 unspecified atom stereocenters. The number of carbonyl (C=O) groups is 1. The number of aliphatic hydroxyl groups is 1. The molecule has 3 aromatic rings. The predicted octanol–water partition coefficient (Wildman–Crippen LogP) is 2.74. The molecule has 0 spiro atoms. The molecule has 0 aromatic carbocycles. The van der Waals surface area contributed by atoms with Gasteiger partial charge >= 0.3 is 6.09 Å². The summed E-state index contributed by atoms with van der Waals surface area (Å²) in [5, 5.41) is 11.3. The first-order chi connectivity index (χ1) is 19.1. The number of β-amino-alcohol motifs (C(OH)–C–C–N with tert-alkyl or cyclic N) is 1. The van der Waals surface area contributed by atoms with E-state index in [4.69, 9.17) is 14.2 Å². The number of amides is 1. The molecule has 5 rings (SSSR count). The summed E-state index contributed by atoms with van der Waals surface area (Å²) in [6, 6.07) is 6.55. The molecule has 3 aromatic heterocycles. The van der Waals surface area contributed by atoms with Crippen molar-refractivity contribution in [2.45, 2.75) is 65.0 Å². The lowest BCUT2D eigenvalue weighted by molar-refractivity contribution is -0.0357. The molecule has 2 atom stereocenters. The fraction of sp³-hybridized carbons (Fsp3) is 0.517. The summed E-state index contributed by atoms with van der Waals surface area (Å²) in [5.74, 6) is 1.16. The Hall–Kier alpha value is -3.70. The van der Waals surface area contributed by atoms with Gasteiger partial charge in [0, 0.05) is 44.5 Å². The minimum atomic E-state index is -0.813. The first kappa shape index (κ1) is 27.9. The summed E-state index contributed by atoms with van der Waals surface area (Å²) < 4.78 is 18.7. The van der Waals surface area contributed by atoms with Crippen LogP contribution in [0.25, 0.3) is 11.0 Å². The summed E-state index contributed by atoms with van der Waals surface area (Å²) in [6.45, 7) is 10.5. The van der Waals surface area contributed by atoms with Crippen molar-refractivity contribution in [1.82, 2.24) is 24.3 Å². The van der Waals surface area contributed by atoms with E-state index in [2.05, 4.69) is 14.9 Å². The van der Waals surface area contributed by atoms with E-state index in [1.165, 1.54) is 6.07 Å². The van der Waals surface area contributed by atoms with E-state index in [9.17, 15) is 14.7 Å². The zero-order valence-corrected chi connectivity index (χ0v) is 23.5. The number of pyridine rings is 3. The summed E-state index contributed by atoms with van der Waals surface area (Å²) in [4.78, 5) is 38.6. The highest BCUT2D eigenvalue weighted by Gasteiger charge is 2.37. The predicted molar refractivity (Wildman–Crippen MR) is 149 cm³/mol. The van der Waals surface area contributed by atoms with Crippen molar-refractivity contribution >= 4 is 17.1 Å². The SMILES string of the molecule is Cc1cnc2ccc(=O)n(CCN3CC[C@H](N(Cc4cc5c(cn4)OCCO5)C(=O)OC(C)(C)C)[C@H](O)C3)c2c1. The number of ether oxygens (including phenoxy) is 3. The van der Waals surface area contributed by atoms with Gasteiger partial charge in [-0.1, -0.05) is 0 Å². The van der Waals surface area contributed by atoms with Gasteiger partial charge in [-0.15, -0.1) is 0 Å². The maximum Gasteiger partial charge on any atom is 0.410 e. The minimum Gasteiger partial charge on any atom is -0.486 e. The van der Waals surface area contributed by atoms with E-state index < -0.39 is 23.8 Å². The van der Waals surface area contributed by atoms with Gasteiger partial charge in [0.15, 0.2) is 11.5 Å². The summed E-state index contributed by atoms with van der Waals surface area (Å²) in [7, 11) is 0. The second-order valence-corrected chi connectivity index (χ2v) is 11.4. The molecule has 2 aliphatic heterocycles. The third kappa shape index (κ3) is 6.37. The second kappa shape index (κ2) is 11.4. The van der Waals surface area contributed by atoms with Crippen LogP contribution in [0.4, 0.5) is 4.79 Å². The van der Waals surface area contributed by atoms with Crippen LogP contribution in [-0.4, -0.2) is 86.1 Å². The fourth-order valence-electron chi connectivity index (χ4n) is 5.18. The number of fused-ring (bicyclic) bond motifs is 2. The lowest BCUT2D eigenvalue weighted by atomic mass is 10.00. The van der Waals surface area contributed by atoms with Gasteiger partial charge in [0.1, 0.15) is 18.8 Å². The van der Waals surface area contributed by atoms with Crippen molar-refractivity contribution in [2.24, 2.45) is 0 Å². The van der Waals surface area contributed by atoms with E-state index in [1.54, 1.807) is 34.0 Å². The molecule has 1 amide bonds. The van der Waals surface area contributed by atoms with Crippen molar-refractivity contribution in [3.63, 3.8) is 0 Å². The van der Waals surface area contributed by atoms with Gasteiger partial charge in [0.05, 0.1) is 41.6 Å². The van der Waals surface area contributed by atoms with Crippen LogP contribution in [0.2, 0.25) is 0 Å². The minimum absolute atomic E-state index is 0.0848. The standard InChI is InChI=1S/C29H37N5O6/c1-19-13-23-21(31-15-19)5-6-27(36)33(23)10-9-32-8-7-22(24(35)18-32)34(28(37)40-29(2,3)4)17-20-14-25-26(16-30-20)39-12-11-38-25/h5-6,13-16,22,24,35H,7-12,17-18H2,1-4H3/t22-,24+/m0/s1. The third-order valence-corrected chi connectivity index (χ3v) is 7.09. The van der Waals surface area contributed by atoms with Crippen LogP contribution in [0.1, 0.15) is 38.4 Å². The van der Waals surface area contributed by atoms with Gasteiger partial charge in [-0.2, -0.15) is 0 Å². The van der Waals surface area contributed by atoms with Crippen LogP contribution in [-0.2, 0) is 17.8 Å². The largest absolute Gasteiger partial charge is 0.486 e. The van der Waals surface area contributed by atoms with Crippen molar-refractivity contribution in [3.8, 4) is 11.5 Å².